The van der Waals surface area contributed by atoms with Gasteiger partial charge in [0, 0.05) is 25.1 Å². The van der Waals surface area contributed by atoms with E-state index in [-0.39, 0.29) is 6.04 Å². The van der Waals surface area contributed by atoms with E-state index in [0.717, 1.165) is 17.7 Å². The molecule has 5 heteroatoms. The van der Waals surface area contributed by atoms with Crippen LogP contribution in [-0.2, 0) is 4.74 Å². The van der Waals surface area contributed by atoms with E-state index in [1.54, 1.807) is 19.5 Å². The molecule has 0 radical (unpaired) electrons. The highest BCUT2D eigenvalue weighted by Gasteiger charge is 2.11. The molecule has 0 saturated carbocycles. The number of methoxy groups -OCH3 is 1. The van der Waals surface area contributed by atoms with Gasteiger partial charge in [-0.25, -0.2) is 4.68 Å². The van der Waals surface area contributed by atoms with Gasteiger partial charge in [0.1, 0.15) is 5.69 Å². The van der Waals surface area contributed by atoms with E-state index in [0.29, 0.717) is 6.61 Å². The Morgan fingerprint density at radius 3 is 3.00 bits per heavy atom. The van der Waals surface area contributed by atoms with Gasteiger partial charge >= 0.3 is 0 Å². The minimum absolute atomic E-state index is 0.234. The summed E-state index contributed by atoms with van der Waals surface area (Å²) in [6.07, 6.45) is 6.42. The lowest BCUT2D eigenvalue weighted by Gasteiger charge is -2.12. The summed E-state index contributed by atoms with van der Waals surface area (Å²) in [5, 5.41) is 8.30. The lowest BCUT2D eigenvalue weighted by Crippen LogP contribution is -2.14. The molecule has 2 aromatic rings. The van der Waals surface area contributed by atoms with E-state index in [1.807, 2.05) is 23.0 Å². The van der Waals surface area contributed by atoms with E-state index < -0.39 is 0 Å². The first-order valence-electron chi connectivity index (χ1n) is 5.66. The minimum atomic E-state index is 0.234. The quantitative estimate of drug-likeness (QED) is 0.790. The van der Waals surface area contributed by atoms with Crippen molar-refractivity contribution in [3.8, 4) is 11.3 Å². The monoisotopic (exact) mass is 232 g/mol. The maximum Gasteiger partial charge on any atom is 0.114 e. The summed E-state index contributed by atoms with van der Waals surface area (Å²) in [6.45, 7) is 2.75. The third kappa shape index (κ3) is 2.68. The molecule has 0 amide bonds. The smallest absolute Gasteiger partial charge is 0.114 e. The first-order chi connectivity index (χ1) is 8.35. The highest BCUT2D eigenvalue weighted by molar-refractivity contribution is 5.55. The Labute approximate surface area is 100 Å². The topological polar surface area (TPSA) is 52.8 Å². The Morgan fingerprint density at radius 2 is 2.35 bits per heavy atom. The Balaban J connectivity index is 2.21. The zero-order valence-corrected chi connectivity index (χ0v) is 10.1. The second-order valence-electron chi connectivity index (χ2n) is 3.84. The van der Waals surface area contributed by atoms with Crippen molar-refractivity contribution in [2.45, 2.75) is 19.4 Å². The van der Waals surface area contributed by atoms with Crippen LogP contribution >= 0.6 is 0 Å². The Kier molecular flexibility index (Phi) is 3.82. The predicted molar refractivity (Wildman–Crippen MR) is 64.5 cm³/mol. The number of pyridine rings is 1. The van der Waals surface area contributed by atoms with Gasteiger partial charge in [0.2, 0.25) is 0 Å². The summed E-state index contributed by atoms with van der Waals surface area (Å²) in [5.41, 5.74) is 1.82. The fourth-order valence-electron chi connectivity index (χ4n) is 1.68. The number of hydrogen-bond donors (Lipinski definition) is 0. The molecule has 2 heterocycles. The van der Waals surface area contributed by atoms with Crippen molar-refractivity contribution >= 4 is 0 Å². The molecule has 0 saturated heterocycles. The van der Waals surface area contributed by atoms with Gasteiger partial charge in [0.25, 0.3) is 0 Å². The lowest BCUT2D eigenvalue weighted by molar-refractivity contribution is 0.146. The summed E-state index contributed by atoms with van der Waals surface area (Å²) in [4.78, 5) is 4.07. The molecule has 1 unspecified atom stereocenters. The third-order valence-electron chi connectivity index (χ3n) is 2.67. The number of rotatable bonds is 5. The average molecular weight is 232 g/mol. The lowest BCUT2D eigenvalue weighted by atomic mass is 10.2. The van der Waals surface area contributed by atoms with Gasteiger partial charge in [-0.2, -0.15) is 0 Å². The average Bonchev–Trinajstić information content (AvgIpc) is 2.86. The van der Waals surface area contributed by atoms with E-state index in [4.69, 9.17) is 4.74 Å². The molecule has 0 fully saturated rings. The van der Waals surface area contributed by atoms with Gasteiger partial charge in [-0.15, -0.1) is 5.10 Å². The summed E-state index contributed by atoms with van der Waals surface area (Å²) >= 11 is 0. The van der Waals surface area contributed by atoms with E-state index >= 15 is 0 Å². The second kappa shape index (κ2) is 5.54. The summed E-state index contributed by atoms with van der Waals surface area (Å²) < 4.78 is 7.02. The predicted octanol–water partition coefficient (Wildman–Crippen LogP) is 1.94. The number of nitrogens with zero attached hydrogens (tertiary/aromatic N) is 4. The molecule has 0 aliphatic rings. The van der Waals surface area contributed by atoms with Crippen molar-refractivity contribution in [2.24, 2.45) is 0 Å². The molecular formula is C12H16N4O. The van der Waals surface area contributed by atoms with Crippen molar-refractivity contribution in [1.82, 2.24) is 20.0 Å². The molecule has 90 valence electrons. The molecule has 0 aliphatic heterocycles. The molecule has 0 spiro atoms. The molecule has 2 aromatic heterocycles. The van der Waals surface area contributed by atoms with E-state index in [9.17, 15) is 0 Å². The first kappa shape index (κ1) is 11.7. The highest BCUT2D eigenvalue weighted by Crippen LogP contribution is 2.17. The van der Waals surface area contributed by atoms with Gasteiger partial charge in [-0.1, -0.05) is 12.1 Å². The number of hydrogen-bond acceptors (Lipinski definition) is 4. The molecule has 0 aliphatic carbocycles. The van der Waals surface area contributed by atoms with Crippen LogP contribution in [-0.4, -0.2) is 33.7 Å². The molecule has 0 aromatic carbocycles. The first-order valence-corrected chi connectivity index (χ1v) is 5.66. The van der Waals surface area contributed by atoms with Crippen LogP contribution in [0.2, 0.25) is 0 Å². The van der Waals surface area contributed by atoms with Gasteiger partial charge in [-0.05, 0) is 18.6 Å². The van der Waals surface area contributed by atoms with Crippen molar-refractivity contribution in [2.75, 3.05) is 13.7 Å². The van der Waals surface area contributed by atoms with E-state index in [2.05, 4.69) is 22.2 Å². The van der Waals surface area contributed by atoms with Gasteiger partial charge in [-0.3, -0.25) is 4.98 Å². The normalized spacial score (nSPS) is 12.6. The van der Waals surface area contributed by atoms with Crippen molar-refractivity contribution in [1.29, 1.82) is 0 Å². The zero-order valence-electron chi connectivity index (χ0n) is 10.1. The summed E-state index contributed by atoms with van der Waals surface area (Å²) in [6, 6.07) is 4.09. The van der Waals surface area contributed by atoms with Gasteiger partial charge in [0.05, 0.1) is 18.8 Å². The Bertz CT molecular complexity index is 455. The van der Waals surface area contributed by atoms with Crippen LogP contribution in [0.15, 0.2) is 30.7 Å². The van der Waals surface area contributed by atoms with Crippen molar-refractivity contribution in [3.63, 3.8) is 0 Å². The summed E-state index contributed by atoms with van der Waals surface area (Å²) in [5.74, 6) is 0. The minimum Gasteiger partial charge on any atom is -0.382 e. The number of aromatic nitrogens is 4. The van der Waals surface area contributed by atoms with Gasteiger partial charge < -0.3 is 4.74 Å². The molecule has 5 nitrogen and oxygen atoms in total. The third-order valence-corrected chi connectivity index (χ3v) is 2.67. The number of ether oxygens (including phenoxy) is 1. The zero-order chi connectivity index (χ0) is 12.1. The van der Waals surface area contributed by atoms with Crippen LogP contribution in [0, 0.1) is 0 Å². The van der Waals surface area contributed by atoms with Crippen LogP contribution in [0.1, 0.15) is 19.4 Å². The van der Waals surface area contributed by atoms with Gasteiger partial charge in [0.15, 0.2) is 0 Å². The fraction of sp³-hybridized carbons (Fsp3) is 0.417. The van der Waals surface area contributed by atoms with Crippen LogP contribution in [0.3, 0.4) is 0 Å². The molecule has 0 bridgehead atoms. The Morgan fingerprint density at radius 1 is 1.47 bits per heavy atom. The van der Waals surface area contributed by atoms with Crippen LogP contribution in [0.4, 0.5) is 0 Å². The van der Waals surface area contributed by atoms with Crippen LogP contribution < -0.4 is 0 Å². The van der Waals surface area contributed by atoms with Crippen LogP contribution in [0.5, 0.6) is 0 Å². The maximum atomic E-state index is 5.16. The second-order valence-corrected chi connectivity index (χ2v) is 3.84. The molecular weight excluding hydrogens is 216 g/mol. The maximum absolute atomic E-state index is 5.16. The summed E-state index contributed by atoms with van der Waals surface area (Å²) in [7, 11) is 1.70. The molecule has 17 heavy (non-hydrogen) atoms. The molecule has 0 N–H and O–H groups in total. The Hall–Kier alpha value is -1.75. The van der Waals surface area contributed by atoms with Crippen molar-refractivity contribution in [3.05, 3.63) is 30.7 Å². The molecule has 1 atom stereocenters. The SMILES string of the molecule is CCC(COC)n1cc(-c2cccnc2)nn1. The van der Waals surface area contributed by atoms with E-state index in [1.165, 1.54) is 0 Å². The standard InChI is InChI=1S/C12H16N4O/c1-3-11(9-17-2)16-8-12(14-15-16)10-5-4-6-13-7-10/h4-8,11H,3,9H2,1-2H3. The highest BCUT2D eigenvalue weighted by atomic mass is 16.5. The van der Waals surface area contributed by atoms with Crippen LogP contribution in [0.25, 0.3) is 11.3 Å². The fourth-order valence-corrected chi connectivity index (χ4v) is 1.68. The largest absolute Gasteiger partial charge is 0.382 e. The van der Waals surface area contributed by atoms with Crippen molar-refractivity contribution < 1.29 is 4.74 Å². The molecule has 2 rings (SSSR count).